The van der Waals surface area contributed by atoms with E-state index in [1.54, 1.807) is 12.1 Å². The Balaban J connectivity index is 0.00000242. The van der Waals surface area contributed by atoms with E-state index in [1.807, 2.05) is 24.3 Å². The standard InChI is InChI=1S/C15H17ClN2O2S.ClH/c16-14-5-1-13(2-6-14)11-18-10-9-12-3-7-15(8-4-12)21(17,19)20;/h1-8,18H,9-11H2,(H2,17,19,20);1H. The fourth-order valence-corrected chi connectivity index (χ4v) is 2.55. The summed E-state index contributed by atoms with van der Waals surface area (Å²) in [7, 11) is -3.61. The zero-order valence-corrected chi connectivity index (χ0v) is 14.2. The van der Waals surface area contributed by atoms with Crippen LogP contribution in [0.15, 0.2) is 53.4 Å². The van der Waals surface area contributed by atoms with E-state index in [-0.39, 0.29) is 17.3 Å². The lowest BCUT2D eigenvalue weighted by Crippen LogP contribution is -2.16. The van der Waals surface area contributed by atoms with Crippen LogP contribution >= 0.6 is 24.0 Å². The van der Waals surface area contributed by atoms with Crippen LogP contribution in [0, 0.1) is 0 Å². The predicted molar refractivity (Wildman–Crippen MR) is 91.9 cm³/mol. The van der Waals surface area contributed by atoms with Gasteiger partial charge in [0.1, 0.15) is 0 Å². The van der Waals surface area contributed by atoms with E-state index in [0.29, 0.717) is 0 Å². The van der Waals surface area contributed by atoms with E-state index in [2.05, 4.69) is 5.32 Å². The minimum absolute atomic E-state index is 0. The highest BCUT2D eigenvalue weighted by Gasteiger charge is 2.06. The summed E-state index contributed by atoms with van der Waals surface area (Å²) in [6.07, 6.45) is 0.818. The molecular formula is C15H18Cl2N2O2S. The van der Waals surface area contributed by atoms with E-state index in [1.165, 1.54) is 17.7 Å². The Bertz CT molecular complexity index is 686. The summed E-state index contributed by atoms with van der Waals surface area (Å²) in [6.45, 7) is 1.57. The molecule has 120 valence electrons. The number of sulfonamides is 1. The van der Waals surface area contributed by atoms with Gasteiger partial charge in [0, 0.05) is 11.6 Å². The van der Waals surface area contributed by atoms with Crippen molar-refractivity contribution in [1.29, 1.82) is 0 Å². The van der Waals surface area contributed by atoms with E-state index >= 15 is 0 Å². The minimum Gasteiger partial charge on any atom is -0.312 e. The van der Waals surface area contributed by atoms with Crippen molar-refractivity contribution in [1.82, 2.24) is 5.32 Å². The molecule has 0 amide bonds. The first kappa shape index (κ1) is 18.9. The largest absolute Gasteiger partial charge is 0.312 e. The van der Waals surface area contributed by atoms with Crippen LogP contribution in [0.4, 0.5) is 0 Å². The lowest BCUT2D eigenvalue weighted by Gasteiger charge is -2.06. The summed E-state index contributed by atoms with van der Waals surface area (Å²) in [5.74, 6) is 0. The first-order chi connectivity index (χ1) is 9.95. The third kappa shape index (κ3) is 5.94. The zero-order valence-electron chi connectivity index (χ0n) is 11.8. The molecule has 0 radical (unpaired) electrons. The van der Waals surface area contributed by atoms with Gasteiger partial charge in [0.05, 0.1) is 4.90 Å². The highest BCUT2D eigenvalue weighted by Crippen LogP contribution is 2.10. The monoisotopic (exact) mass is 360 g/mol. The van der Waals surface area contributed by atoms with Crippen LogP contribution < -0.4 is 10.5 Å². The van der Waals surface area contributed by atoms with Crippen LogP contribution in [0.3, 0.4) is 0 Å². The Kier molecular flexibility index (Phi) is 7.32. The predicted octanol–water partition coefficient (Wildman–Crippen LogP) is 2.74. The molecule has 0 saturated carbocycles. The van der Waals surface area contributed by atoms with Gasteiger partial charge < -0.3 is 5.32 Å². The Morgan fingerprint density at radius 1 is 0.955 bits per heavy atom. The van der Waals surface area contributed by atoms with Crippen LogP contribution in [0.2, 0.25) is 5.02 Å². The number of hydrogen-bond acceptors (Lipinski definition) is 3. The van der Waals surface area contributed by atoms with Crippen LogP contribution in [0.5, 0.6) is 0 Å². The fraction of sp³-hybridized carbons (Fsp3) is 0.200. The van der Waals surface area contributed by atoms with Gasteiger partial charge in [-0.3, -0.25) is 0 Å². The van der Waals surface area contributed by atoms with Gasteiger partial charge in [-0.2, -0.15) is 0 Å². The summed E-state index contributed by atoms with van der Waals surface area (Å²) in [6, 6.07) is 14.3. The molecule has 0 unspecified atom stereocenters. The van der Waals surface area contributed by atoms with Gasteiger partial charge in [0.15, 0.2) is 0 Å². The van der Waals surface area contributed by atoms with Crippen LogP contribution in [0.1, 0.15) is 11.1 Å². The Morgan fingerprint density at radius 2 is 1.50 bits per heavy atom. The first-order valence-corrected chi connectivity index (χ1v) is 8.44. The molecule has 2 rings (SSSR count). The number of rotatable bonds is 6. The summed E-state index contributed by atoms with van der Waals surface area (Å²) in [4.78, 5) is 0.139. The van der Waals surface area contributed by atoms with Crippen molar-refractivity contribution in [2.75, 3.05) is 6.54 Å². The lowest BCUT2D eigenvalue weighted by molar-refractivity contribution is 0.597. The van der Waals surface area contributed by atoms with Crippen molar-refractivity contribution in [2.45, 2.75) is 17.9 Å². The molecule has 3 N–H and O–H groups in total. The van der Waals surface area contributed by atoms with E-state index in [9.17, 15) is 8.42 Å². The summed E-state index contributed by atoms with van der Waals surface area (Å²) in [5, 5.41) is 9.11. The molecule has 7 heteroatoms. The van der Waals surface area contributed by atoms with Gasteiger partial charge in [0.2, 0.25) is 10.0 Å². The van der Waals surface area contributed by atoms with Crippen LogP contribution in [-0.4, -0.2) is 15.0 Å². The summed E-state index contributed by atoms with van der Waals surface area (Å²) >= 11 is 5.83. The van der Waals surface area contributed by atoms with E-state index in [0.717, 1.165) is 30.1 Å². The van der Waals surface area contributed by atoms with Gasteiger partial charge in [0.25, 0.3) is 0 Å². The molecule has 0 saturated heterocycles. The highest BCUT2D eigenvalue weighted by atomic mass is 35.5. The third-order valence-corrected chi connectivity index (χ3v) is 4.27. The number of nitrogens with one attached hydrogen (secondary N) is 1. The highest BCUT2D eigenvalue weighted by molar-refractivity contribution is 7.89. The van der Waals surface area contributed by atoms with Crippen molar-refractivity contribution in [3.05, 3.63) is 64.7 Å². The van der Waals surface area contributed by atoms with Crippen molar-refractivity contribution in [3.63, 3.8) is 0 Å². The Labute approximate surface area is 142 Å². The zero-order chi connectivity index (χ0) is 15.3. The maximum atomic E-state index is 11.1. The molecule has 4 nitrogen and oxygen atoms in total. The normalized spacial score (nSPS) is 11.0. The molecule has 0 aliphatic carbocycles. The average Bonchev–Trinajstić information content (AvgIpc) is 2.45. The van der Waals surface area contributed by atoms with E-state index < -0.39 is 10.0 Å². The molecule has 0 aliphatic heterocycles. The smallest absolute Gasteiger partial charge is 0.238 e. The second kappa shape index (κ2) is 8.50. The van der Waals surface area contributed by atoms with Crippen molar-refractivity contribution >= 4 is 34.0 Å². The first-order valence-electron chi connectivity index (χ1n) is 6.52. The molecule has 22 heavy (non-hydrogen) atoms. The average molecular weight is 361 g/mol. The molecule has 0 aromatic heterocycles. The second-order valence-electron chi connectivity index (χ2n) is 4.74. The van der Waals surface area contributed by atoms with Crippen molar-refractivity contribution in [3.8, 4) is 0 Å². The minimum atomic E-state index is -3.61. The maximum absolute atomic E-state index is 11.1. The third-order valence-electron chi connectivity index (χ3n) is 3.08. The Hall–Kier alpha value is -1.11. The van der Waals surface area contributed by atoms with Crippen LogP contribution in [0.25, 0.3) is 0 Å². The van der Waals surface area contributed by atoms with Crippen molar-refractivity contribution in [2.24, 2.45) is 5.14 Å². The van der Waals surface area contributed by atoms with Gasteiger partial charge in [-0.25, -0.2) is 13.6 Å². The maximum Gasteiger partial charge on any atom is 0.238 e. The molecule has 0 aliphatic rings. The molecule has 2 aromatic carbocycles. The van der Waals surface area contributed by atoms with Gasteiger partial charge in [-0.15, -0.1) is 12.4 Å². The second-order valence-corrected chi connectivity index (χ2v) is 6.74. The molecule has 0 bridgehead atoms. The summed E-state index contributed by atoms with van der Waals surface area (Å²) < 4.78 is 22.3. The number of primary sulfonamides is 1. The molecule has 2 aromatic rings. The number of halogens is 2. The van der Waals surface area contributed by atoms with Crippen molar-refractivity contribution < 1.29 is 8.42 Å². The number of benzene rings is 2. The number of hydrogen-bond donors (Lipinski definition) is 2. The fourth-order valence-electron chi connectivity index (χ4n) is 1.91. The molecule has 0 atom stereocenters. The van der Waals surface area contributed by atoms with E-state index in [4.69, 9.17) is 16.7 Å². The molecular weight excluding hydrogens is 343 g/mol. The lowest BCUT2D eigenvalue weighted by atomic mass is 10.1. The van der Waals surface area contributed by atoms with Gasteiger partial charge >= 0.3 is 0 Å². The van der Waals surface area contributed by atoms with Gasteiger partial charge in [-0.05, 0) is 48.4 Å². The SMILES string of the molecule is Cl.NS(=O)(=O)c1ccc(CCNCc2ccc(Cl)cc2)cc1. The molecule has 0 fully saturated rings. The molecule has 0 spiro atoms. The number of nitrogens with two attached hydrogens (primary N) is 1. The Morgan fingerprint density at radius 3 is 2.05 bits per heavy atom. The summed E-state index contributed by atoms with van der Waals surface area (Å²) in [5.41, 5.74) is 2.23. The molecule has 0 heterocycles. The van der Waals surface area contributed by atoms with Crippen LogP contribution in [-0.2, 0) is 23.0 Å². The quantitative estimate of drug-likeness (QED) is 0.777. The van der Waals surface area contributed by atoms with Gasteiger partial charge in [-0.1, -0.05) is 35.9 Å². The topological polar surface area (TPSA) is 72.2 Å².